The van der Waals surface area contributed by atoms with Gasteiger partial charge in [-0.3, -0.25) is 4.98 Å². The van der Waals surface area contributed by atoms with E-state index in [2.05, 4.69) is 40.3 Å². The molecule has 2 rings (SSSR count). The van der Waals surface area contributed by atoms with Gasteiger partial charge in [0.25, 0.3) is 0 Å². The summed E-state index contributed by atoms with van der Waals surface area (Å²) in [5.41, 5.74) is 2.44. The van der Waals surface area contributed by atoms with Crippen molar-refractivity contribution >= 4 is 11.8 Å². The summed E-state index contributed by atoms with van der Waals surface area (Å²) in [6, 6.07) is 2.23. The van der Waals surface area contributed by atoms with Crippen LogP contribution in [0.1, 0.15) is 25.3 Å². The first-order valence-corrected chi connectivity index (χ1v) is 6.47. The van der Waals surface area contributed by atoms with Gasteiger partial charge in [0.05, 0.1) is 11.9 Å². The molecule has 1 fully saturated rings. The van der Waals surface area contributed by atoms with E-state index in [4.69, 9.17) is 0 Å². The normalized spacial score (nSPS) is 17.4. The number of hydrogen-bond acceptors (Lipinski definition) is 3. The minimum atomic E-state index is 1.06. The third-order valence-corrected chi connectivity index (χ3v) is 3.00. The molecular formula is C14H21N3. The van der Waals surface area contributed by atoms with Crippen LogP contribution in [-0.2, 0) is 0 Å². The second kappa shape index (κ2) is 6.40. The predicted octanol–water partition coefficient (Wildman–Crippen LogP) is 2.30. The van der Waals surface area contributed by atoms with E-state index in [0.29, 0.717) is 0 Å². The molecule has 0 saturated carbocycles. The van der Waals surface area contributed by atoms with E-state index in [0.717, 1.165) is 32.6 Å². The Bertz CT molecular complexity index is 365. The Morgan fingerprint density at radius 1 is 1.35 bits per heavy atom. The van der Waals surface area contributed by atoms with Crippen molar-refractivity contribution in [2.75, 3.05) is 31.1 Å². The minimum Gasteiger partial charge on any atom is -0.369 e. The molecule has 0 radical (unpaired) electrons. The highest BCUT2D eigenvalue weighted by Gasteiger charge is 2.09. The van der Waals surface area contributed by atoms with Crippen LogP contribution in [-0.4, -0.2) is 31.2 Å². The van der Waals surface area contributed by atoms with Crippen molar-refractivity contribution in [2.24, 2.45) is 0 Å². The molecule has 2 heterocycles. The van der Waals surface area contributed by atoms with Crippen LogP contribution in [0.4, 0.5) is 5.69 Å². The fourth-order valence-corrected chi connectivity index (χ4v) is 2.07. The maximum absolute atomic E-state index is 4.33. The van der Waals surface area contributed by atoms with Gasteiger partial charge >= 0.3 is 0 Å². The smallest absolute Gasteiger partial charge is 0.0559 e. The summed E-state index contributed by atoms with van der Waals surface area (Å²) in [4.78, 5) is 6.74. The summed E-state index contributed by atoms with van der Waals surface area (Å²) in [7, 11) is 0. The predicted molar refractivity (Wildman–Crippen MR) is 73.3 cm³/mol. The highest BCUT2D eigenvalue weighted by atomic mass is 15.2. The Morgan fingerprint density at radius 3 is 3.18 bits per heavy atom. The van der Waals surface area contributed by atoms with Gasteiger partial charge < -0.3 is 10.2 Å². The number of rotatable bonds is 3. The molecule has 1 aromatic heterocycles. The number of hydrogen-bond donors (Lipinski definition) is 1. The summed E-state index contributed by atoms with van der Waals surface area (Å²) in [5, 5.41) is 3.42. The van der Waals surface area contributed by atoms with Gasteiger partial charge in [-0.25, -0.2) is 0 Å². The molecule has 0 unspecified atom stereocenters. The molecule has 3 nitrogen and oxygen atoms in total. The maximum Gasteiger partial charge on any atom is 0.0559 e. The average Bonchev–Trinajstić information content (AvgIpc) is 2.65. The molecule has 1 N–H and O–H groups in total. The monoisotopic (exact) mass is 231 g/mol. The van der Waals surface area contributed by atoms with Crippen molar-refractivity contribution in [2.45, 2.75) is 19.8 Å². The largest absolute Gasteiger partial charge is 0.369 e. The van der Waals surface area contributed by atoms with Crippen LogP contribution in [0.15, 0.2) is 24.5 Å². The topological polar surface area (TPSA) is 28.2 Å². The molecule has 0 bridgehead atoms. The second-order valence-electron chi connectivity index (χ2n) is 4.38. The van der Waals surface area contributed by atoms with Crippen LogP contribution in [0.2, 0.25) is 0 Å². The molecule has 1 saturated heterocycles. The minimum absolute atomic E-state index is 1.06. The van der Waals surface area contributed by atoms with Crippen molar-refractivity contribution in [1.29, 1.82) is 0 Å². The van der Waals surface area contributed by atoms with E-state index in [9.17, 15) is 0 Å². The van der Waals surface area contributed by atoms with E-state index in [1.807, 2.05) is 12.4 Å². The van der Waals surface area contributed by atoms with E-state index in [1.165, 1.54) is 17.7 Å². The van der Waals surface area contributed by atoms with Gasteiger partial charge in [-0.1, -0.05) is 19.1 Å². The van der Waals surface area contributed by atoms with Gasteiger partial charge in [-0.15, -0.1) is 0 Å². The van der Waals surface area contributed by atoms with E-state index >= 15 is 0 Å². The standard InChI is InChI=1S/C14H21N3/c1-2-3-5-13-10-14(12-16-11-13)17-8-4-6-15-7-9-17/h3,5,10-12,15H,2,4,6-9H2,1H3. The quantitative estimate of drug-likeness (QED) is 0.865. The van der Waals surface area contributed by atoms with Crippen LogP contribution in [0.25, 0.3) is 6.08 Å². The molecule has 3 heteroatoms. The van der Waals surface area contributed by atoms with Gasteiger partial charge in [-0.05, 0) is 31.0 Å². The van der Waals surface area contributed by atoms with E-state index in [1.54, 1.807) is 0 Å². The lowest BCUT2D eigenvalue weighted by Gasteiger charge is -2.22. The molecule has 1 aromatic rings. The van der Waals surface area contributed by atoms with Gasteiger partial charge in [-0.2, -0.15) is 0 Å². The second-order valence-corrected chi connectivity index (χ2v) is 4.38. The number of allylic oxidation sites excluding steroid dienone is 1. The first-order chi connectivity index (χ1) is 8.40. The van der Waals surface area contributed by atoms with Crippen LogP contribution in [0, 0.1) is 0 Å². The van der Waals surface area contributed by atoms with Crippen molar-refractivity contribution in [3.63, 3.8) is 0 Å². The molecule has 0 amide bonds. The fraction of sp³-hybridized carbons (Fsp3) is 0.500. The number of aromatic nitrogens is 1. The highest BCUT2D eigenvalue weighted by Crippen LogP contribution is 2.16. The number of anilines is 1. The number of nitrogens with zero attached hydrogens (tertiary/aromatic N) is 2. The van der Waals surface area contributed by atoms with Crippen molar-refractivity contribution < 1.29 is 0 Å². The van der Waals surface area contributed by atoms with Gasteiger partial charge in [0.1, 0.15) is 0 Å². The Balaban J connectivity index is 2.11. The number of nitrogens with one attached hydrogen (secondary N) is 1. The third kappa shape index (κ3) is 3.56. The van der Waals surface area contributed by atoms with Gasteiger partial charge in [0.2, 0.25) is 0 Å². The Hall–Kier alpha value is -1.35. The van der Waals surface area contributed by atoms with E-state index < -0.39 is 0 Å². The lowest BCUT2D eigenvalue weighted by atomic mass is 10.2. The van der Waals surface area contributed by atoms with E-state index in [-0.39, 0.29) is 0 Å². The lowest BCUT2D eigenvalue weighted by molar-refractivity contribution is 0.724. The average molecular weight is 231 g/mol. The molecule has 92 valence electrons. The van der Waals surface area contributed by atoms with Crippen LogP contribution >= 0.6 is 0 Å². The molecule has 0 atom stereocenters. The molecule has 1 aliphatic heterocycles. The van der Waals surface area contributed by atoms with Crippen LogP contribution in [0.5, 0.6) is 0 Å². The summed E-state index contributed by atoms with van der Waals surface area (Å²) >= 11 is 0. The SMILES string of the molecule is CCC=Cc1cncc(N2CCCNCC2)c1. The van der Waals surface area contributed by atoms with Crippen molar-refractivity contribution in [3.05, 3.63) is 30.1 Å². The zero-order chi connectivity index (χ0) is 11.9. The first kappa shape index (κ1) is 12.1. The van der Waals surface area contributed by atoms with Crippen LogP contribution < -0.4 is 10.2 Å². The molecule has 0 aliphatic carbocycles. The molecule has 1 aliphatic rings. The Labute approximate surface area is 104 Å². The number of pyridine rings is 1. The lowest BCUT2D eigenvalue weighted by Crippen LogP contribution is -2.27. The Kier molecular flexibility index (Phi) is 4.56. The first-order valence-electron chi connectivity index (χ1n) is 6.47. The molecular weight excluding hydrogens is 210 g/mol. The summed E-state index contributed by atoms with van der Waals surface area (Å²) < 4.78 is 0. The molecule has 0 aromatic carbocycles. The molecule has 0 spiro atoms. The van der Waals surface area contributed by atoms with Gasteiger partial charge in [0, 0.05) is 25.8 Å². The fourth-order valence-electron chi connectivity index (χ4n) is 2.07. The summed E-state index contributed by atoms with van der Waals surface area (Å²) in [5.74, 6) is 0. The summed E-state index contributed by atoms with van der Waals surface area (Å²) in [6.07, 6.45) is 10.5. The molecule has 17 heavy (non-hydrogen) atoms. The zero-order valence-electron chi connectivity index (χ0n) is 10.5. The Morgan fingerprint density at radius 2 is 2.29 bits per heavy atom. The van der Waals surface area contributed by atoms with Gasteiger partial charge in [0.15, 0.2) is 0 Å². The van der Waals surface area contributed by atoms with Crippen LogP contribution in [0.3, 0.4) is 0 Å². The van der Waals surface area contributed by atoms with Crippen molar-refractivity contribution in [3.8, 4) is 0 Å². The summed E-state index contributed by atoms with van der Waals surface area (Å²) in [6.45, 7) is 6.53. The highest BCUT2D eigenvalue weighted by molar-refractivity contribution is 5.56. The zero-order valence-corrected chi connectivity index (χ0v) is 10.5. The van der Waals surface area contributed by atoms with Crippen molar-refractivity contribution in [1.82, 2.24) is 10.3 Å². The maximum atomic E-state index is 4.33. The third-order valence-electron chi connectivity index (χ3n) is 3.00.